The molecule has 0 amide bonds. The van der Waals surface area contributed by atoms with Crippen LogP contribution in [-0.4, -0.2) is 12.5 Å². The van der Waals surface area contributed by atoms with Gasteiger partial charge < -0.3 is 5.32 Å². The van der Waals surface area contributed by atoms with E-state index >= 15 is 0 Å². The van der Waals surface area contributed by atoms with Crippen LogP contribution in [-0.2, 0) is 0 Å². The Bertz CT molecular complexity index is 334. The van der Waals surface area contributed by atoms with Gasteiger partial charge in [0.25, 0.3) is 5.92 Å². The summed E-state index contributed by atoms with van der Waals surface area (Å²) in [6.45, 7) is 0.581. The number of halogens is 3. The smallest absolute Gasteiger partial charge is 0.267 e. The highest BCUT2D eigenvalue weighted by Gasteiger charge is 2.42. The van der Waals surface area contributed by atoms with Crippen molar-refractivity contribution in [1.82, 2.24) is 5.32 Å². The first-order chi connectivity index (χ1) is 7.09. The predicted octanol–water partition coefficient (Wildman–Crippen LogP) is 2.89. The van der Waals surface area contributed by atoms with Gasteiger partial charge in [0.15, 0.2) is 0 Å². The zero-order chi connectivity index (χ0) is 10.9. The minimum Gasteiger partial charge on any atom is -0.305 e. The Balaban J connectivity index is 2.25. The molecule has 1 atom stereocenters. The summed E-state index contributed by atoms with van der Waals surface area (Å²) in [5.74, 6) is -3.14. The molecule has 1 heterocycles. The molecule has 0 saturated carbocycles. The lowest BCUT2D eigenvalue weighted by Gasteiger charge is -2.32. The van der Waals surface area contributed by atoms with E-state index in [1.807, 2.05) is 0 Å². The molecular formula is C11H12F3N. The van der Waals surface area contributed by atoms with Gasteiger partial charge in [-0.05, 0) is 30.7 Å². The summed E-state index contributed by atoms with van der Waals surface area (Å²) in [5.41, 5.74) is 0.445. The van der Waals surface area contributed by atoms with Gasteiger partial charge in [0, 0.05) is 6.42 Å². The fraction of sp³-hybridized carbons (Fsp3) is 0.455. The maximum absolute atomic E-state index is 13.5. The Morgan fingerprint density at radius 3 is 2.47 bits per heavy atom. The highest BCUT2D eigenvalue weighted by Crippen LogP contribution is 2.37. The molecule has 1 aromatic rings. The molecule has 0 radical (unpaired) electrons. The molecule has 4 heteroatoms. The second-order valence-corrected chi connectivity index (χ2v) is 3.80. The van der Waals surface area contributed by atoms with Crippen LogP contribution in [0.1, 0.15) is 24.4 Å². The van der Waals surface area contributed by atoms with Gasteiger partial charge in [-0.15, -0.1) is 0 Å². The third-order valence-electron chi connectivity index (χ3n) is 2.66. The fourth-order valence-electron chi connectivity index (χ4n) is 1.88. The Hall–Kier alpha value is -1.03. The number of rotatable bonds is 1. The van der Waals surface area contributed by atoms with Crippen molar-refractivity contribution in [3.05, 3.63) is 35.6 Å². The SMILES string of the molecule is Fc1ccc(C2NCCCC2(F)F)cc1. The molecule has 2 rings (SSSR count). The van der Waals surface area contributed by atoms with E-state index in [1.165, 1.54) is 24.3 Å². The highest BCUT2D eigenvalue weighted by molar-refractivity contribution is 5.22. The van der Waals surface area contributed by atoms with Gasteiger partial charge in [0.2, 0.25) is 0 Å². The molecule has 1 aliphatic heterocycles. The van der Waals surface area contributed by atoms with Crippen molar-refractivity contribution in [2.45, 2.75) is 24.8 Å². The topological polar surface area (TPSA) is 12.0 Å². The molecule has 0 aromatic heterocycles. The summed E-state index contributed by atoms with van der Waals surface area (Å²) >= 11 is 0. The number of hydrogen-bond acceptors (Lipinski definition) is 1. The van der Waals surface area contributed by atoms with E-state index in [0.717, 1.165) is 0 Å². The molecule has 15 heavy (non-hydrogen) atoms. The summed E-state index contributed by atoms with van der Waals surface area (Å²) < 4.78 is 39.6. The molecule has 1 nitrogen and oxygen atoms in total. The van der Waals surface area contributed by atoms with Gasteiger partial charge in [0.1, 0.15) is 5.82 Å². The van der Waals surface area contributed by atoms with Crippen LogP contribution in [0.25, 0.3) is 0 Å². The van der Waals surface area contributed by atoms with Crippen LogP contribution in [0.3, 0.4) is 0 Å². The second kappa shape index (κ2) is 3.85. The normalized spacial score (nSPS) is 25.1. The van der Waals surface area contributed by atoms with Crippen LogP contribution in [0.4, 0.5) is 13.2 Å². The van der Waals surface area contributed by atoms with Crippen LogP contribution in [0.2, 0.25) is 0 Å². The number of benzene rings is 1. The molecule has 1 aliphatic rings. The molecule has 1 fully saturated rings. The van der Waals surface area contributed by atoms with Gasteiger partial charge in [-0.25, -0.2) is 13.2 Å². The highest BCUT2D eigenvalue weighted by atomic mass is 19.3. The molecule has 0 aliphatic carbocycles. The summed E-state index contributed by atoms with van der Waals surface area (Å²) in [6.07, 6.45) is 0.368. The minimum absolute atomic E-state index is 0.109. The third kappa shape index (κ3) is 2.15. The van der Waals surface area contributed by atoms with E-state index in [1.54, 1.807) is 0 Å². The zero-order valence-electron chi connectivity index (χ0n) is 8.14. The van der Waals surface area contributed by atoms with Gasteiger partial charge in [-0.3, -0.25) is 0 Å². The summed E-state index contributed by atoms with van der Waals surface area (Å²) in [4.78, 5) is 0. The Labute approximate surface area is 86.3 Å². The van der Waals surface area contributed by atoms with E-state index in [4.69, 9.17) is 0 Å². The molecule has 1 unspecified atom stereocenters. The maximum Gasteiger partial charge on any atom is 0.267 e. The third-order valence-corrected chi connectivity index (χ3v) is 2.66. The molecular weight excluding hydrogens is 203 g/mol. The van der Waals surface area contributed by atoms with Crippen LogP contribution >= 0.6 is 0 Å². The quantitative estimate of drug-likeness (QED) is 0.759. The first-order valence-electron chi connectivity index (χ1n) is 4.96. The van der Waals surface area contributed by atoms with Gasteiger partial charge >= 0.3 is 0 Å². The summed E-state index contributed by atoms with van der Waals surface area (Å²) in [7, 11) is 0. The van der Waals surface area contributed by atoms with Crippen LogP contribution in [0, 0.1) is 5.82 Å². The van der Waals surface area contributed by atoms with Crippen LogP contribution in [0.15, 0.2) is 24.3 Å². The van der Waals surface area contributed by atoms with E-state index in [9.17, 15) is 13.2 Å². The van der Waals surface area contributed by atoms with E-state index in [-0.39, 0.29) is 6.42 Å². The number of piperidine rings is 1. The Kier molecular flexibility index (Phi) is 2.69. The lowest BCUT2D eigenvalue weighted by atomic mass is 9.94. The van der Waals surface area contributed by atoms with Crippen molar-refractivity contribution >= 4 is 0 Å². The van der Waals surface area contributed by atoms with E-state index < -0.39 is 17.8 Å². The first kappa shape index (κ1) is 10.5. The average Bonchev–Trinajstić information content (AvgIpc) is 2.19. The standard InChI is InChI=1S/C11H12F3N/c12-9-4-2-8(3-5-9)10-11(13,14)6-1-7-15-10/h2-5,10,15H,1,6-7H2. The van der Waals surface area contributed by atoms with Crippen LogP contribution < -0.4 is 5.32 Å². The Morgan fingerprint density at radius 1 is 1.20 bits per heavy atom. The van der Waals surface area contributed by atoms with E-state index in [0.29, 0.717) is 18.5 Å². The van der Waals surface area contributed by atoms with Crippen molar-refractivity contribution in [3.8, 4) is 0 Å². The van der Waals surface area contributed by atoms with Crippen molar-refractivity contribution in [2.24, 2.45) is 0 Å². The summed E-state index contributed by atoms with van der Waals surface area (Å²) in [5, 5.41) is 2.77. The maximum atomic E-state index is 13.5. The van der Waals surface area contributed by atoms with Crippen LogP contribution in [0.5, 0.6) is 0 Å². The molecule has 1 aromatic carbocycles. The number of alkyl halides is 2. The van der Waals surface area contributed by atoms with Gasteiger partial charge in [-0.1, -0.05) is 12.1 Å². The fourth-order valence-corrected chi connectivity index (χ4v) is 1.88. The van der Waals surface area contributed by atoms with Crippen molar-refractivity contribution in [1.29, 1.82) is 0 Å². The average molecular weight is 215 g/mol. The van der Waals surface area contributed by atoms with Crippen molar-refractivity contribution < 1.29 is 13.2 Å². The van der Waals surface area contributed by atoms with Gasteiger partial charge in [-0.2, -0.15) is 0 Å². The molecule has 1 N–H and O–H groups in total. The summed E-state index contributed by atoms with van der Waals surface area (Å²) in [6, 6.07) is 4.26. The van der Waals surface area contributed by atoms with Gasteiger partial charge in [0.05, 0.1) is 6.04 Å². The second-order valence-electron chi connectivity index (χ2n) is 3.80. The molecule has 82 valence electrons. The minimum atomic E-state index is -2.74. The largest absolute Gasteiger partial charge is 0.305 e. The lowest BCUT2D eigenvalue weighted by Crippen LogP contribution is -2.42. The number of nitrogens with one attached hydrogen (secondary N) is 1. The van der Waals surface area contributed by atoms with Crippen molar-refractivity contribution in [3.63, 3.8) is 0 Å². The molecule has 1 saturated heterocycles. The molecule has 0 bridgehead atoms. The number of hydrogen-bond donors (Lipinski definition) is 1. The van der Waals surface area contributed by atoms with E-state index in [2.05, 4.69) is 5.32 Å². The predicted molar refractivity (Wildman–Crippen MR) is 51.3 cm³/mol. The monoisotopic (exact) mass is 215 g/mol. The first-order valence-corrected chi connectivity index (χ1v) is 4.96. The zero-order valence-corrected chi connectivity index (χ0v) is 8.14. The lowest BCUT2D eigenvalue weighted by molar-refractivity contribution is -0.0620. The van der Waals surface area contributed by atoms with Crippen molar-refractivity contribution in [2.75, 3.05) is 6.54 Å². The molecule has 0 spiro atoms. The Morgan fingerprint density at radius 2 is 1.87 bits per heavy atom.